The van der Waals surface area contributed by atoms with Gasteiger partial charge in [-0.05, 0) is 56.7 Å². The number of rotatable bonds is 3. The number of hydrogen-bond donors (Lipinski definition) is 3. The average molecular weight is 420 g/mol. The lowest BCUT2D eigenvalue weighted by Gasteiger charge is -2.10. The van der Waals surface area contributed by atoms with Crippen LogP contribution in [0, 0.1) is 3.57 Å². The average Bonchev–Trinajstić information content (AvgIpc) is 2.33. The highest BCUT2D eigenvalue weighted by Crippen LogP contribution is 2.27. The summed E-state index contributed by atoms with van der Waals surface area (Å²) in [6.45, 7) is 0. The first-order valence-electron chi connectivity index (χ1n) is 5.13. The van der Waals surface area contributed by atoms with Gasteiger partial charge in [0.1, 0.15) is 11.6 Å². The van der Waals surface area contributed by atoms with Crippen molar-refractivity contribution < 1.29 is 0 Å². The van der Waals surface area contributed by atoms with E-state index in [0.29, 0.717) is 11.6 Å². The van der Waals surface area contributed by atoms with E-state index in [9.17, 15) is 0 Å². The first-order valence-corrected chi connectivity index (χ1v) is 7.00. The van der Waals surface area contributed by atoms with Gasteiger partial charge in [0.25, 0.3) is 0 Å². The Bertz CT molecular complexity index is 575. The summed E-state index contributed by atoms with van der Waals surface area (Å²) in [5.74, 6) is 1.55. The van der Waals surface area contributed by atoms with Gasteiger partial charge >= 0.3 is 0 Å². The molecule has 4 N–H and O–H groups in total. The molecule has 0 atom stereocenters. The summed E-state index contributed by atoms with van der Waals surface area (Å²) in [7, 11) is 1.78. The molecule has 0 saturated heterocycles. The number of halogens is 2. The van der Waals surface area contributed by atoms with Gasteiger partial charge in [-0.15, -0.1) is 0 Å². The standard InChI is InChI=1S/C11H11BrIN5/c1-15-9-5-10(18-11(14)17-9)16-8-4-6(13)2-3-7(8)12/h2-5H,1H3,(H4,14,15,16,17,18). The molecule has 1 heterocycles. The van der Waals surface area contributed by atoms with Crippen molar-refractivity contribution in [2.45, 2.75) is 0 Å². The molecule has 1 aromatic carbocycles. The van der Waals surface area contributed by atoms with Crippen molar-refractivity contribution in [2.24, 2.45) is 0 Å². The van der Waals surface area contributed by atoms with E-state index in [0.717, 1.165) is 13.7 Å². The molecule has 1 aromatic heterocycles. The Labute approximate surface area is 127 Å². The largest absolute Gasteiger partial charge is 0.373 e. The van der Waals surface area contributed by atoms with Gasteiger partial charge in [-0.1, -0.05) is 0 Å². The van der Waals surface area contributed by atoms with E-state index in [4.69, 9.17) is 5.73 Å². The maximum atomic E-state index is 5.64. The van der Waals surface area contributed by atoms with Crippen LogP contribution in [0.15, 0.2) is 28.7 Å². The van der Waals surface area contributed by atoms with E-state index in [1.807, 2.05) is 18.2 Å². The second-order valence-corrected chi connectivity index (χ2v) is 5.60. The first kappa shape index (κ1) is 13.3. The topological polar surface area (TPSA) is 75.9 Å². The van der Waals surface area contributed by atoms with E-state index in [-0.39, 0.29) is 5.95 Å². The van der Waals surface area contributed by atoms with Gasteiger partial charge in [-0.2, -0.15) is 9.97 Å². The van der Waals surface area contributed by atoms with Crippen molar-refractivity contribution in [3.8, 4) is 0 Å². The third-order valence-electron chi connectivity index (χ3n) is 2.19. The summed E-state index contributed by atoms with van der Waals surface area (Å²) in [5, 5.41) is 6.14. The molecule has 0 spiro atoms. The van der Waals surface area contributed by atoms with Crippen LogP contribution in [0.5, 0.6) is 0 Å². The van der Waals surface area contributed by atoms with Crippen LogP contribution in [0.4, 0.5) is 23.3 Å². The third kappa shape index (κ3) is 3.22. The number of benzene rings is 1. The summed E-state index contributed by atoms with van der Waals surface area (Å²) >= 11 is 5.74. The quantitative estimate of drug-likeness (QED) is 0.666. The van der Waals surface area contributed by atoms with Crippen LogP contribution in [0.2, 0.25) is 0 Å². The Morgan fingerprint density at radius 2 is 1.94 bits per heavy atom. The highest BCUT2D eigenvalue weighted by Gasteiger charge is 2.05. The van der Waals surface area contributed by atoms with Gasteiger partial charge in [-0.3, -0.25) is 0 Å². The number of hydrogen-bond acceptors (Lipinski definition) is 5. The lowest BCUT2D eigenvalue weighted by atomic mass is 10.3. The van der Waals surface area contributed by atoms with Crippen molar-refractivity contribution in [1.29, 1.82) is 0 Å². The third-order valence-corrected chi connectivity index (χ3v) is 3.55. The normalized spacial score (nSPS) is 10.2. The fourth-order valence-corrected chi connectivity index (χ4v) is 2.23. The number of anilines is 4. The second kappa shape index (κ2) is 5.70. The fraction of sp³-hybridized carbons (Fsp3) is 0.0909. The Balaban J connectivity index is 2.33. The molecule has 0 fully saturated rings. The molecule has 2 aromatic rings. The Morgan fingerprint density at radius 1 is 1.22 bits per heavy atom. The summed E-state index contributed by atoms with van der Waals surface area (Å²) in [6.07, 6.45) is 0. The van der Waals surface area contributed by atoms with E-state index in [2.05, 4.69) is 59.1 Å². The molecule has 0 radical (unpaired) electrons. The molecule has 0 aliphatic rings. The molecule has 2 rings (SSSR count). The predicted octanol–water partition coefficient (Wildman–Crippen LogP) is 3.21. The Kier molecular flexibility index (Phi) is 4.23. The SMILES string of the molecule is CNc1cc(Nc2cc(I)ccc2Br)nc(N)n1. The van der Waals surface area contributed by atoms with Crippen molar-refractivity contribution >= 4 is 61.8 Å². The van der Waals surface area contributed by atoms with E-state index >= 15 is 0 Å². The minimum atomic E-state index is 0.228. The van der Waals surface area contributed by atoms with Gasteiger partial charge < -0.3 is 16.4 Å². The highest BCUT2D eigenvalue weighted by molar-refractivity contribution is 14.1. The monoisotopic (exact) mass is 419 g/mol. The number of nitrogens with two attached hydrogens (primary N) is 1. The zero-order chi connectivity index (χ0) is 13.1. The predicted molar refractivity (Wildman–Crippen MR) is 86.1 cm³/mol. The molecule has 0 unspecified atom stereocenters. The molecule has 7 heteroatoms. The summed E-state index contributed by atoms with van der Waals surface area (Å²) in [4.78, 5) is 8.18. The molecule has 0 aliphatic heterocycles. The molecule has 0 amide bonds. The lowest BCUT2D eigenvalue weighted by molar-refractivity contribution is 1.17. The van der Waals surface area contributed by atoms with E-state index in [1.54, 1.807) is 13.1 Å². The van der Waals surface area contributed by atoms with E-state index < -0.39 is 0 Å². The van der Waals surface area contributed by atoms with Crippen LogP contribution in [0.25, 0.3) is 0 Å². The number of nitrogens with zero attached hydrogens (tertiary/aromatic N) is 2. The maximum absolute atomic E-state index is 5.64. The zero-order valence-electron chi connectivity index (χ0n) is 9.54. The van der Waals surface area contributed by atoms with Crippen molar-refractivity contribution in [2.75, 3.05) is 23.4 Å². The Morgan fingerprint density at radius 3 is 2.67 bits per heavy atom. The molecule has 0 aliphatic carbocycles. The summed E-state index contributed by atoms with van der Waals surface area (Å²) in [5.41, 5.74) is 6.57. The molecule has 5 nitrogen and oxygen atoms in total. The van der Waals surface area contributed by atoms with Gasteiger partial charge in [0.15, 0.2) is 0 Å². The van der Waals surface area contributed by atoms with Crippen LogP contribution in [-0.2, 0) is 0 Å². The molecule has 0 bridgehead atoms. The van der Waals surface area contributed by atoms with Crippen molar-refractivity contribution in [3.63, 3.8) is 0 Å². The number of aromatic nitrogens is 2. The van der Waals surface area contributed by atoms with E-state index in [1.165, 1.54) is 0 Å². The summed E-state index contributed by atoms with van der Waals surface area (Å²) in [6, 6.07) is 7.81. The fourth-order valence-electron chi connectivity index (χ4n) is 1.39. The first-order chi connectivity index (χ1) is 8.58. The van der Waals surface area contributed by atoms with Gasteiger partial charge in [0.2, 0.25) is 5.95 Å². The molecule has 0 saturated carbocycles. The minimum Gasteiger partial charge on any atom is -0.373 e. The zero-order valence-corrected chi connectivity index (χ0v) is 13.3. The lowest BCUT2D eigenvalue weighted by Crippen LogP contribution is -2.03. The molecule has 18 heavy (non-hydrogen) atoms. The second-order valence-electron chi connectivity index (χ2n) is 3.50. The smallest absolute Gasteiger partial charge is 0.223 e. The molecule has 94 valence electrons. The van der Waals surface area contributed by atoms with Gasteiger partial charge in [-0.25, -0.2) is 0 Å². The molecular weight excluding hydrogens is 409 g/mol. The van der Waals surface area contributed by atoms with Crippen LogP contribution in [0.3, 0.4) is 0 Å². The maximum Gasteiger partial charge on any atom is 0.223 e. The van der Waals surface area contributed by atoms with Gasteiger partial charge in [0.05, 0.1) is 5.69 Å². The molecular formula is C11H11BrIN5. The summed E-state index contributed by atoms with van der Waals surface area (Å²) < 4.78 is 2.10. The number of nitrogen functional groups attached to an aromatic ring is 1. The Hall–Kier alpha value is -1.09. The van der Waals surface area contributed by atoms with Crippen LogP contribution in [-0.4, -0.2) is 17.0 Å². The van der Waals surface area contributed by atoms with Crippen LogP contribution in [0.1, 0.15) is 0 Å². The number of nitrogens with one attached hydrogen (secondary N) is 2. The minimum absolute atomic E-state index is 0.228. The van der Waals surface area contributed by atoms with Crippen molar-refractivity contribution in [3.05, 3.63) is 32.3 Å². The van der Waals surface area contributed by atoms with Gasteiger partial charge in [0, 0.05) is 21.2 Å². The van der Waals surface area contributed by atoms with Crippen LogP contribution < -0.4 is 16.4 Å². The van der Waals surface area contributed by atoms with Crippen molar-refractivity contribution in [1.82, 2.24) is 9.97 Å². The highest BCUT2D eigenvalue weighted by atomic mass is 127. The van der Waals surface area contributed by atoms with Crippen LogP contribution >= 0.6 is 38.5 Å².